The SMILES string of the molecule is O=C(O)C1(c2ccc(C(F)(F)F)c3c2OCCCO3)CCCCC1. The number of aliphatic carboxylic acids is 1. The average Bonchev–Trinajstić information content (AvgIpc) is 2.79. The first kappa shape index (κ1) is 16.9. The van der Waals surface area contributed by atoms with Crippen molar-refractivity contribution < 1.29 is 32.5 Å². The van der Waals surface area contributed by atoms with Gasteiger partial charge in [-0.15, -0.1) is 0 Å². The summed E-state index contributed by atoms with van der Waals surface area (Å²) in [7, 11) is 0. The molecule has 7 heteroatoms. The van der Waals surface area contributed by atoms with Crippen LogP contribution in [-0.4, -0.2) is 24.3 Å². The van der Waals surface area contributed by atoms with Gasteiger partial charge in [-0.25, -0.2) is 0 Å². The third-order valence-electron chi connectivity index (χ3n) is 4.83. The number of carbonyl (C=O) groups is 1. The van der Waals surface area contributed by atoms with E-state index in [2.05, 4.69) is 0 Å². The monoisotopic (exact) mass is 344 g/mol. The fourth-order valence-corrected chi connectivity index (χ4v) is 3.61. The number of rotatable bonds is 2. The first-order valence-corrected chi connectivity index (χ1v) is 8.10. The van der Waals surface area contributed by atoms with E-state index in [0.29, 0.717) is 24.8 Å². The Labute approximate surface area is 137 Å². The summed E-state index contributed by atoms with van der Waals surface area (Å²) in [5, 5.41) is 9.82. The smallest absolute Gasteiger partial charge is 0.420 e. The van der Waals surface area contributed by atoms with Crippen molar-refractivity contribution in [1.29, 1.82) is 0 Å². The molecule has 2 aliphatic rings. The van der Waals surface area contributed by atoms with Gasteiger partial charge in [-0.2, -0.15) is 13.2 Å². The number of carboxylic acids is 1. The highest BCUT2D eigenvalue weighted by Gasteiger charge is 2.46. The highest BCUT2D eigenvalue weighted by molar-refractivity contribution is 5.83. The maximum atomic E-state index is 13.3. The second-order valence-corrected chi connectivity index (χ2v) is 6.32. The molecule has 1 heterocycles. The van der Waals surface area contributed by atoms with Crippen LogP contribution in [0, 0.1) is 0 Å². The highest BCUT2D eigenvalue weighted by Crippen LogP contribution is 2.51. The van der Waals surface area contributed by atoms with E-state index in [1.807, 2.05) is 0 Å². The van der Waals surface area contributed by atoms with Crippen LogP contribution in [-0.2, 0) is 16.4 Å². The van der Waals surface area contributed by atoms with Gasteiger partial charge >= 0.3 is 12.1 Å². The molecule has 3 rings (SSSR count). The lowest BCUT2D eigenvalue weighted by Crippen LogP contribution is -2.38. The van der Waals surface area contributed by atoms with Crippen LogP contribution in [0.4, 0.5) is 13.2 Å². The molecule has 24 heavy (non-hydrogen) atoms. The molecule has 1 aromatic carbocycles. The van der Waals surface area contributed by atoms with Gasteiger partial charge in [0, 0.05) is 12.0 Å². The van der Waals surface area contributed by atoms with Gasteiger partial charge in [0.25, 0.3) is 0 Å². The minimum absolute atomic E-state index is 0.0494. The molecule has 0 unspecified atom stereocenters. The number of ether oxygens (including phenoxy) is 2. The van der Waals surface area contributed by atoms with Crippen LogP contribution in [0.2, 0.25) is 0 Å². The van der Waals surface area contributed by atoms with Gasteiger partial charge in [-0.05, 0) is 18.9 Å². The van der Waals surface area contributed by atoms with E-state index < -0.39 is 23.1 Å². The standard InChI is InChI=1S/C17H19F3O4/c18-17(19,20)12-6-5-11(13-14(12)24-10-4-9-23-13)16(15(21)22)7-2-1-3-8-16/h5-6H,1-4,7-10H2,(H,21,22). The minimum atomic E-state index is -4.58. The molecule has 0 saturated heterocycles. The lowest BCUT2D eigenvalue weighted by molar-refractivity contribution is -0.145. The van der Waals surface area contributed by atoms with Gasteiger partial charge in [0.1, 0.15) is 5.56 Å². The summed E-state index contributed by atoms with van der Waals surface area (Å²) in [6, 6.07) is 2.18. The van der Waals surface area contributed by atoms with Crippen molar-refractivity contribution in [3.05, 3.63) is 23.3 Å². The van der Waals surface area contributed by atoms with Gasteiger partial charge in [-0.3, -0.25) is 4.79 Å². The maximum Gasteiger partial charge on any atom is 0.420 e. The number of hydrogen-bond acceptors (Lipinski definition) is 3. The third-order valence-corrected chi connectivity index (χ3v) is 4.83. The Hall–Kier alpha value is -1.92. The first-order valence-electron chi connectivity index (χ1n) is 8.10. The van der Waals surface area contributed by atoms with Crippen molar-refractivity contribution in [2.45, 2.75) is 50.1 Å². The van der Waals surface area contributed by atoms with Gasteiger partial charge < -0.3 is 14.6 Å². The van der Waals surface area contributed by atoms with E-state index in [9.17, 15) is 23.1 Å². The van der Waals surface area contributed by atoms with Crippen molar-refractivity contribution in [3.8, 4) is 11.5 Å². The van der Waals surface area contributed by atoms with Crippen LogP contribution in [0.3, 0.4) is 0 Å². The van der Waals surface area contributed by atoms with E-state index in [-0.39, 0.29) is 24.7 Å². The number of hydrogen-bond donors (Lipinski definition) is 1. The Morgan fingerprint density at radius 3 is 2.21 bits per heavy atom. The summed E-state index contributed by atoms with van der Waals surface area (Å²) in [5.41, 5.74) is -1.82. The summed E-state index contributed by atoms with van der Waals surface area (Å²) >= 11 is 0. The second kappa shape index (κ2) is 6.18. The molecule has 1 N–H and O–H groups in total. The fraction of sp³-hybridized carbons (Fsp3) is 0.588. The largest absolute Gasteiger partial charge is 0.489 e. The Morgan fingerprint density at radius 1 is 1.00 bits per heavy atom. The molecule has 0 bridgehead atoms. The Morgan fingerprint density at radius 2 is 1.62 bits per heavy atom. The summed E-state index contributed by atoms with van der Waals surface area (Å²) in [5.74, 6) is -1.44. The van der Waals surface area contributed by atoms with E-state index in [1.165, 1.54) is 6.07 Å². The van der Waals surface area contributed by atoms with Gasteiger partial charge in [0.05, 0.1) is 18.6 Å². The quantitative estimate of drug-likeness (QED) is 0.875. The van der Waals surface area contributed by atoms with Crippen molar-refractivity contribution in [2.75, 3.05) is 13.2 Å². The number of carboxylic acid groups (broad SMARTS) is 1. The van der Waals surface area contributed by atoms with Gasteiger partial charge in [0.2, 0.25) is 0 Å². The molecule has 0 amide bonds. The van der Waals surface area contributed by atoms with Crippen molar-refractivity contribution in [1.82, 2.24) is 0 Å². The molecule has 1 fully saturated rings. The topological polar surface area (TPSA) is 55.8 Å². The average molecular weight is 344 g/mol. The molecule has 4 nitrogen and oxygen atoms in total. The Balaban J connectivity index is 2.20. The summed E-state index contributed by atoms with van der Waals surface area (Å²) < 4.78 is 50.7. The summed E-state index contributed by atoms with van der Waals surface area (Å²) in [4.78, 5) is 12.0. The Bertz CT molecular complexity index is 633. The molecular weight excluding hydrogens is 325 g/mol. The minimum Gasteiger partial charge on any atom is -0.489 e. The molecule has 0 radical (unpaired) electrons. The highest BCUT2D eigenvalue weighted by atomic mass is 19.4. The molecule has 1 aliphatic carbocycles. The fourth-order valence-electron chi connectivity index (χ4n) is 3.61. The predicted molar refractivity (Wildman–Crippen MR) is 79.4 cm³/mol. The van der Waals surface area contributed by atoms with E-state index in [1.54, 1.807) is 0 Å². The van der Waals surface area contributed by atoms with Crippen LogP contribution in [0.1, 0.15) is 49.7 Å². The molecule has 0 aromatic heterocycles. The zero-order valence-corrected chi connectivity index (χ0v) is 13.1. The molecule has 1 aliphatic heterocycles. The maximum absolute atomic E-state index is 13.3. The summed E-state index contributed by atoms with van der Waals surface area (Å²) in [6.45, 7) is 0.316. The number of fused-ring (bicyclic) bond motifs is 1. The zero-order chi connectivity index (χ0) is 17.4. The molecular formula is C17H19F3O4. The lowest BCUT2D eigenvalue weighted by atomic mass is 9.69. The van der Waals surface area contributed by atoms with Crippen molar-refractivity contribution >= 4 is 5.97 Å². The van der Waals surface area contributed by atoms with Crippen LogP contribution in [0.5, 0.6) is 11.5 Å². The third kappa shape index (κ3) is 2.80. The number of halogens is 3. The van der Waals surface area contributed by atoms with Crippen LogP contribution < -0.4 is 9.47 Å². The molecule has 0 atom stereocenters. The lowest BCUT2D eigenvalue weighted by Gasteiger charge is -2.35. The van der Waals surface area contributed by atoms with Crippen molar-refractivity contribution in [2.24, 2.45) is 0 Å². The Kier molecular flexibility index (Phi) is 4.36. The molecule has 1 aromatic rings. The van der Waals surface area contributed by atoms with E-state index >= 15 is 0 Å². The van der Waals surface area contributed by atoms with Gasteiger partial charge in [0.15, 0.2) is 11.5 Å². The predicted octanol–water partition coefficient (Wildman–Crippen LogP) is 4.15. The number of benzene rings is 1. The van der Waals surface area contributed by atoms with Crippen molar-refractivity contribution in [3.63, 3.8) is 0 Å². The summed E-state index contributed by atoms with van der Waals surface area (Å²) in [6.07, 6.45) is -0.973. The van der Waals surface area contributed by atoms with Crippen LogP contribution >= 0.6 is 0 Å². The second-order valence-electron chi connectivity index (χ2n) is 6.32. The molecule has 1 saturated carbocycles. The zero-order valence-electron chi connectivity index (χ0n) is 13.1. The normalized spacial score (nSPS) is 20.3. The first-order chi connectivity index (χ1) is 11.4. The van der Waals surface area contributed by atoms with Crippen LogP contribution in [0.25, 0.3) is 0 Å². The molecule has 132 valence electrons. The number of alkyl halides is 3. The van der Waals surface area contributed by atoms with Crippen LogP contribution in [0.15, 0.2) is 12.1 Å². The van der Waals surface area contributed by atoms with E-state index in [0.717, 1.165) is 25.3 Å². The molecule has 0 spiro atoms. The van der Waals surface area contributed by atoms with E-state index in [4.69, 9.17) is 9.47 Å². The van der Waals surface area contributed by atoms with Gasteiger partial charge in [-0.1, -0.05) is 25.3 Å².